The third kappa shape index (κ3) is 5.37. The Morgan fingerprint density at radius 2 is 1.94 bits per heavy atom. The molecule has 8 heteroatoms. The smallest absolute Gasteiger partial charge is 0.253 e. The Bertz CT molecular complexity index is 1120. The number of anilines is 1. The minimum absolute atomic E-state index is 0.151. The maximum absolute atomic E-state index is 12.7. The van der Waals surface area contributed by atoms with Crippen molar-refractivity contribution in [1.29, 1.82) is 0 Å². The summed E-state index contributed by atoms with van der Waals surface area (Å²) in [6, 6.07) is 15.5. The number of carbonyl (C=O) groups is 2. The second-order valence-electron chi connectivity index (χ2n) is 7.96. The first kappa shape index (κ1) is 22.1. The molecule has 1 heterocycles. The summed E-state index contributed by atoms with van der Waals surface area (Å²) >= 11 is 1.35. The number of nitrogens with one attached hydrogen (secondary N) is 2. The van der Waals surface area contributed by atoms with E-state index in [1.54, 1.807) is 18.2 Å². The Morgan fingerprint density at radius 1 is 1.12 bits per heavy atom. The predicted molar refractivity (Wildman–Crippen MR) is 127 cm³/mol. The Morgan fingerprint density at radius 3 is 2.69 bits per heavy atom. The molecule has 32 heavy (non-hydrogen) atoms. The molecule has 1 saturated carbocycles. The average Bonchev–Trinajstić information content (AvgIpc) is 3.51. The van der Waals surface area contributed by atoms with Crippen molar-refractivity contribution in [1.82, 2.24) is 20.1 Å². The lowest BCUT2D eigenvalue weighted by Gasteiger charge is -2.12. The van der Waals surface area contributed by atoms with Crippen LogP contribution in [0.5, 0.6) is 0 Å². The van der Waals surface area contributed by atoms with Crippen molar-refractivity contribution in [3.05, 3.63) is 59.7 Å². The second-order valence-corrected chi connectivity index (χ2v) is 8.90. The number of nitrogens with zero attached hydrogens (tertiary/aromatic N) is 3. The highest BCUT2D eigenvalue weighted by Crippen LogP contribution is 2.26. The molecule has 1 fully saturated rings. The van der Waals surface area contributed by atoms with Crippen LogP contribution in [0.2, 0.25) is 0 Å². The fourth-order valence-electron chi connectivity index (χ4n) is 3.42. The molecule has 0 radical (unpaired) electrons. The number of thioether (sulfide) groups is 1. The third-order valence-electron chi connectivity index (χ3n) is 5.13. The molecule has 0 aliphatic heterocycles. The van der Waals surface area contributed by atoms with Crippen LogP contribution in [0, 0.1) is 6.92 Å². The zero-order valence-electron chi connectivity index (χ0n) is 18.3. The van der Waals surface area contributed by atoms with Crippen LogP contribution in [0.4, 0.5) is 5.69 Å². The van der Waals surface area contributed by atoms with E-state index in [9.17, 15) is 9.59 Å². The zero-order chi connectivity index (χ0) is 22.5. The number of hydrogen-bond acceptors (Lipinski definition) is 5. The summed E-state index contributed by atoms with van der Waals surface area (Å²) in [4.78, 5) is 25.1. The molecule has 2 aromatic carbocycles. The van der Waals surface area contributed by atoms with E-state index in [4.69, 9.17) is 0 Å². The van der Waals surface area contributed by atoms with Crippen molar-refractivity contribution in [2.45, 2.75) is 50.9 Å². The lowest BCUT2D eigenvalue weighted by Crippen LogP contribution is -2.27. The Balaban J connectivity index is 1.44. The standard InChI is InChI=1S/C24H27N5O2S/c1-3-13-29-22(17-8-6-7-16(2)14-17)27-28-24(29)32-15-21(30)26-20-10-5-4-9-19(20)23(31)25-18-11-12-18/h4-10,14,18H,3,11-13,15H2,1-2H3,(H,25,31)(H,26,30). The van der Waals surface area contributed by atoms with Gasteiger partial charge in [0, 0.05) is 18.2 Å². The number of benzene rings is 2. The SMILES string of the molecule is CCCn1c(SCC(=O)Nc2ccccc2C(=O)NC2CC2)nnc1-c1cccc(C)c1. The summed E-state index contributed by atoms with van der Waals surface area (Å²) in [5, 5.41) is 15.3. The molecule has 1 aromatic heterocycles. The number of rotatable bonds is 9. The van der Waals surface area contributed by atoms with Gasteiger partial charge in [0.25, 0.3) is 5.91 Å². The van der Waals surface area contributed by atoms with Gasteiger partial charge in [-0.05, 0) is 44.4 Å². The molecule has 2 amide bonds. The van der Waals surface area contributed by atoms with E-state index in [1.165, 1.54) is 11.8 Å². The van der Waals surface area contributed by atoms with Crippen molar-refractivity contribution in [3.63, 3.8) is 0 Å². The summed E-state index contributed by atoms with van der Waals surface area (Å²) in [5.41, 5.74) is 3.17. The maximum Gasteiger partial charge on any atom is 0.253 e. The predicted octanol–water partition coefficient (Wildman–Crippen LogP) is 4.29. The van der Waals surface area contributed by atoms with Gasteiger partial charge in [0.2, 0.25) is 5.91 Å². The number of amides is 2. The molecule has 7 nitrogen and oxygen atoms in total. The topological polar surface area (TPSA) is 88.9 Å². The molecule has 0 unspecified atom stereocenters. The summed E-state index contributed by atoms with van der Waals surface area (Å²) in [5.74, 6) is 0.640. The number of aromatic nitrogens is 3. The number of carbonyl (C=O) groups excluding carboxylic acids is 2. The van der Waals surface area contributed by atoms with Crippen molar-refractivity contribution in [2.24, 2.45) is 0 Å². The molecule has 3 aromatic rings. The van der Waals surface area contributed by atoms with E-state index in [-0.39, 0.29) is 23.6 Å². The lowest BCUT2D eigenvalue weighted by molar-refractivity contribution is -0.113. The Labute approximate surface area is 192 Å². The third-order valence-corrected chi connectivity index (χ3v) is 6.10. The highest BCUT2D eigenvalue weighted by atomic mass is 32.2. The number of para-hydroxylation sites is 1. The first-order chi connectivity index (χ1) is 15.5. The van der Waals surface area contributed by atoms with Crippen LogP contribution in [0.1, 0.15) is 42.1 Å². The van der Waals surface area contributed by atoms with E-state index in [0.717, 1.165) is 42.8 Å². The van der Waals surface area contributed by atoms with E-state index in [2.05, 4.69) is 38.4 Å². The van der Waals surface area contributed by atoms with E-state index < -0.39 is 0 Å². The van der Waals surface area contributed by atoms with Crippen LogP contribution in [-0.2, 0) is 11.3 Å². The van der Waals surface area contributed by atoms with Gasteiger partial charge in [0.1, 0.15) is 0 Å². The molecular formula is C24H27N5O2S. The lowest BCUT2D eigenvalue weighted by atomic mass is 10.1. The Hall–Kier alpha value is -3.13. The minimum Gasteiger partial charge on any atom is -0.349 e. The Kier molecular flexibility index (Phi) is 6.90. The van der Waals surface area contributed by atoms with E-state index in [0.29, 0.717) is 16.4 Å². The van der Waals surface area contributed by atoms with Crippen molar-refractivity contribution in [3.8, 4) is 11.4 Å². The van der Waals surface area contributed by atoms with Gasteiger partial charge in [0.15, 0.2) is 11.0 Å². The molecule has 4 rings (SSSR count). The van der Waals surface area contributed by atoms with Gasteiger partial charge < -0.3 is 15.2 Å². The summed E-state index contributed by atoms with van der Waals surface area (Å²) in [6.07, 6.45) is 2.96. The van der Waals surface area contributed by atoms with Crippen molar-refractivity contribution >= 4 is 29.3 Å². The van der Waals surface area contributed by atoms with E-state index >= 15 is 0 Å². The summed E-state index contributed by atoms with van der Waals surface area (Å²) in [6.45, 7) is 4.92. The van der Waals surface area contributed by atoms with Crippen LogP contribution in [0.25, 0.3) is 11.4 Å². The van der Waals surface area contributed by atoms with Crippen LogP contribution in [0.3, 0.4) is 0 Å². The quantitative estimate of drug-likeness (QED) is 0.476. The molecule has 0 bridgehead atoms. The largest absolute Gasteiger partial charge is 0.349 e. The molecule has 2 N–H and O–H groups in total. The first-order valence-corrected chi connectivity index (χ1v) is 11.9. The molecule has 0 atom stereocenters. The number of aryl methyl sites for hydroxylation is 1. The highest BCUT2D eigenvalue weighted by Gasteiger charge is 2.25. The molecule has 166 valence electrons. The van der Waals surface area contributed by atoms with Crippen molar-refractivity contribution in [2.75, 3.05) is 11.1 Å². The molecule has 0 saturated heterocycles. The maximum atomic E-state index is 12.7. The van der Waals surface area contributed by atoms with E-state index in [1.807, 2.05) is 31.2 Å². The highest BCUT2D eigenvalue weighted by molar-refractivity contribution is 7.99. The summed E-state index contributed by atoms with van der Waals surface area (Å²) < 4.78 is 2.06. The van der Waals surface area contributed by atoms with Gasteiger partial charge in [-0.3, -0.25) is 9.59 Å². The molecule has 0 spiro atoms. The van der Waals surface area contributed by atoms with Gasteiger partial charge in [-0.1, -0.05) is 54.6 Å². The average molecular weight is 450 g/mol. The van der Waals surface area contributed by atoms with Crippen molar-refractivity contribution < 1.29 is 9.59 Å². The van der Waals surface area contributed by atoms with Crippen LogP contribution < -0.4 is 10.6 Å². The first-order valence-electron chi connectivity index (χ1n) is 10.9. The fourth-order valence-corrected chi connectivity index (χ4v) is 4.18. The second kappa shape index (κ2) is 9.99. The normalized spacial score (nSPS) is 13.1. The summed E-state index contributed by atoms with van der Waals surface area (Å²) in [7, 11) is 0. The molecule has 1 aliphatic carbocycles. The van der Waals surface area contributed by atoms with Gasteiger partial charge in [0.05, 0.1) is 17.0 Å². The minimum atomic E-state index is -0.190. The van der Waals surface area contributed by atoms with Gasteiger partial charge in [-0.25, -0.2) is 0 Å². The monoisotopic (exact) mass is 449 g/mol. The van der Waals surface area contributed by atoms with Gasteiger partial charge in [-0.15, -0.1) is 10.2 Å². The van der Waals surface area contributed by atoms with Crippen LogP contribution in [0.15, 0.2) is 53.7 Å². The van der Waals surface area contributed by atoms with Crippen LogP contribution in [-0.4, -0.2) is 38.4 Å². The molecular weight excluding hydrogens is 422 g/mol. The van der Waals surface area contributed by atoms with Gasteiger partial charge in [-0.2, -0.15) is 0 Å². The number of hydrogen-bond donors (Lipinski definition) is 2. The zero-order valence-corrected chi connectivity index (χ0v) is 19.1. The van der Waals surface area contributed by atoms with Crippen LogP contribution >= 0.6 is 11.8 Å². The van der Waals surface area contributed by atoms with Gasteiger partial charge >= 0.3 is 0 Å². The molecule has 1 aliphatic rings. The fraction of sp³-hybridized carbons (Fsp3) is 0.333.